The number of aliphatic hydroxyl groups is 1. The number of nitrogens with zero attached hydrogens (tertiary/aromatic N) is 2. The maximum atomic E-state index is 12.5. The van der Waals surface area contributed by atoms with Crippen LogP contribution in [0.2, 0.25) is 0 Å². The van der Waals surface area contributed by atoms with Gasteiger partial charge >= 0.3 is 0 Å². The van der Waals surface area contributed by atoms with Crippen molar-refractivity contribution < 1.29 is 14.6 Å². The summed E-state index contributed by atoms with van der Waals surface area (Å²) in [7, 11) is 1.54. The van der Waals surface area contributed by atoms with E-state index in [9.17, 15) is 9.90 Å². The van der Waals surface area contributed by atoms with E-state index in [1.165, 1.54) is 7.11 Å². The van der Waals surface area contributed by atoms with Crippen molar-refractivity contribution in [3.63, 3.8) is 0 Å². The second-order valence-electron chi connectivity index (χ2n) is 5.14. The van der Waals surface area contributed by atoms with Crippen LogP contribution in [0.3, 0.4) is 0 Å². The minimum Gasteiger partial charge on any atom is -0.496 e. The van der Waals surface area contributed by atoms with Gasteiger partial charge in [0.2, 0.25) is 0 Å². The topological polar surface area (TPSA) is 76.4 Å². The minimum atomic E-state index is -0.238. The average molecular weight is 323 g/mol. The van der Waals surface area contributed by atoms with Crippen molar-refractivity contribution in [2.24, 2.45) is 0 Å². The van der Waals surface area contributed by atoms with Crippen molar-refractivity contribution in [2.75, 3.05) is 12.4 Å². The fraction of sp³-hybridized carbons (Fsp3) is 0.111. The Morgan fingerprint density at radius 2 is 2.12 bits per heavy atom. The first kappa shape index (κ1) is 15.8. The summed E-state index contributed by atoms with van der Waals surface area (Å²) in [6.07, 6.45) is 3.49. The zero-order chi connectivity index (χ0) is 16.9. The van der Waals surface area contributed by atoms with Gasteiger partial charge in [-0.15, -0.1) is 0 Å². The highest BCUT2D eigenvalue weighted by Gasteiger charge is 2.10. The normalized spacial score (nSPS) is 10.4. The molecule has 6 heteroatoms. The molecule has 24 heavy (non-hydrogen) atoms. The van der Waals surface area contributed by atoms with Gasteiger partial charge in [0.1, 0.15) is 5.75 Å². The van der Waals surface area contributed by atoms with Crippen LogP contribution in [-0.4, -0.2) is 27.9 Å². The molecule has 0 saturated heterocycles. The summed E-state index contributed by atoms with van der Waals surface area (Å²) in [4.78, 5) is 12.5. The molecule has 122 valence electrons. The van der Waals surface area contributed by atoms with E-state index in [0.29, 0.717) is 22.6 Å². The van der Waals surface area contributed by atoms with E-state index in [-0.39, 0.29) is 12.5 Å². The Morgan fingerprint density at radius 1 is 1.25 bits per heavy atom. The first-order valence-corrected chi connectivity index (χ1v) is 7.40. The molecule has 1 aromatic heterocycles. The number of benzene rings is 2. The molecule has 0 spiro atoms. The number of aromatic nitrogens is 2. The number of hydrogen-bond acceptors (Lipinski definition) is 4. The Morgan fingerprint density at radius 3 is 2.83 bits per heavy atom. The smallest absolute Gasteiger partial charge is 0.255 e. The molecule has 0 aliphatic rings. The standard InChI is InChI=1S/C18H17N3O3/c1-24-17-7-6-15(10-14(17)12-22)20-18(23)13-4-2-5-16(11-13)21-9-3-8-19-21/h2-11,22H,12H2,1H3,(H,20,23). The second-order valence-corrected chi connectivity index (χ2v) is 5.14. The summed E-state index contributed by atoms with van der Waals surface area (Å²) < 4.78 is 6.84. The number of amides is 1. The average Bonchev–Trinajstić information content (AvgIpc) is 3.16. The number of aliphatic hydroxyl groups excluding tert-OH is 1. The van der Waals surface area contributed by atoms with Crippen molar-refractivity contribution >= 4 is 11.6 Å². The number of methoxy groups -OCH3 is 1. The SMILES string of the molecule is COc1ccc(NC(=O)c2cccc(-n3cccn3)c2)cc1CO. The number of ether oxygens (including phenoxy) is 1. The highest BCUT2D eigenvalue weighted by molar-refractivity contribution is 6.04. The van der Waals surface area contributed by atoms with E-state index in [2.05, 4.69) is 10.4 Å². The van der Waals surface area contributed by atoms with Crippen molar-refractivity contribution in [3.05, 3.63) is 72.1 Å². The number of carbonyl (C=O) groups excluding carboxylic acids is 1. The number of rotatable bonds is 5. The van der Waals surface area contributed by atoms with Crippen LogP contribution in [0.25, 0.3) is 5.69 Å². The summed E-state index contributed by atoms with van der Waals surface area (Å²) in [6.45, 7) is -0.165. The molecule has 6 nitrogen and oxygen atoms in total. The predicted octanol–water partition coefficient (Wildman–Crippen LogP) is 2.63. The van der Waals surface area contributed by atoms with Gasteiger partial charge in [0.25, 0.3) is 5.91 Å². The predicted molar refractivity (Wildman–Crippen MR) is 90.4 cm³/mol. The van der Waals surface area contributed by atoms with E-state index in [0.717, 1.165) is 5.69 Å². The molecule has 2 aromatic carbocycles. The molecule has 0 atom stereocenters. The third-order valence-corrected chi connectivity index (χ3v) is 3.59. The van der Waals surface area contributed by atoms with Gasteiger partial charge < -0.3 is 15.2 Å². The molecule has 0 unspecified atom stereocenters. The minimum absolute atomic E-state index is 0.165. The molecular weight excluding hydrogens is 306 g/mol. The fourth-order valence-corrected chi connectivity index (χ4v) is 2.39. The molecule has 3 aromatic rings. The van der Waals surface area contributed by atoms with Crippen LogP contribution in [0.4, 0.5) is 5.69 Å². The summed E-state index contributed by atoms with van der Waals surface area (Å²) in [5, 5.41) is 16.3. The molecule has 0 aliphatic carbocycles. The van der Waals surface area contributed by atoms with Crippen LogP contribution in [0, 0.1) is 0 Å². The Balaban J connectivity index is 1.81. The Kier molecular flexibility index (Phi) is 4.58. The van der Waals surface area contributed by atoms with Crippen molar-refractivity contribution in [2.45, 2.75) is 6.61 Å². The monoisotopic (exact) mass is 323 g/mol. The van der Waals surface area contributed by atoms with Gasteiger partial charge in [-0.1, -0.05) is 6.07 Å². The Hall–Kier alpha value is -3.12. The van der Waals surface area contributed by atoms with Crippen LogP contribution >= 0.6 is 0 Å². The molecule has 0 fully saturated rings. The lowest BCUT2D eigenvalue weighted by Crippen LogP contribution is -2.12. The van der Waals surface area contributed by atoms with Crippen molar-refractivity contribution in [3.8, 4) is 11.4 Å². The quantitative estimate of drug-likeness (QED) is 0.757. The number of nitrogens with one attached hydrogen (secondary N) is 1. The summed E-state index contributed by atoms with van der Waals surface area (Å²) >= 11 is 0. The lowest BCUT2D eigenvalue weighted by atomic mass is 10.1. The lowest BCUT2D eigenvalue weighted by Gasteiger charge is -2.11. The van der Waals surface area contributed by atoms with Gasteiger partial charge in [0, 0.05) is 29.2 Å². The van der Waals surface area contributed by atoms with Crippen molar-refractivity contribution in [1.82, 2.24) is 9.78 Å². The largest absolute Gasteiger partial charge is 0.496 e. The highest BCUT2D eigenvalue weighted by atomic mass is 16.5. The first-order chi connectivity index (χ1) is 11.7. The molecule has 2 N–H and O–H groups in total. The van der Waals surface area contributed by atoms with Crippen LogP contribution in [0.15, 0.2) is 60.9 Å². The molecule has 0 radical (unpaired) electrons. The van der Waals surface area contributed by atoms with Gasteiger partial charge in [-0.3, -0.25) is 4.79 Å². The second kappa shape index (κ2) is 6.97. The maximum Gasteiger partial charge on any atom is 0.255 e. The summed E-state index contributed by atoms with van der Waals surface area (Å²) in [5.74, 6) is 0.342. The van der Waals surface area contributed by atoms with E-state index >= 15 is 0 Å². The molecule has 0 bridgehead atoms. The fourth-order valence-electron chi connectivity index (χ4n) is 2.39. The number of anilines is 1. The molecular formula is C18H17N3O3. The van der Waals surface area contributed by atoms with Gasteiger partial charge in [0.15, 0.2) is 0 Å². The van der Waals surface area contributed by atoms with Crippen LogP contribution in [-0.2, 0) is 6.61 Å². The van der Waals surface area contributed by atoms with Gasteiger partial charge in [-0.25, -0.2) is 4.68 Å². The Bertz CT molecular complexity index is 844. The third kappa shape index (κ3) is 3.28. The van der Waals surface area contributed by atoms with Crippen LogP contribution < -0.4 is 10.1 Å². The van der Waals surface area contributed by atoms with Gasteiger partial charge in [-0.2, -0.15) is 5.10 Å². The molecule has 0 aliphatic heterocycles. The van der Waals surface area contributed by atoms with Gasteiger partial charge in [-0.05, 0) is 42.5 Å². The van der Waals surface area contributed by atoms with E-state index < -0.39 is 0 Å². The highest BCUT2D eigenvalue weighted by Crippen LogP contribution is 2.23. The van der Waals surface area contributed by atoms with E-state index in [4.69, 9.17) is 4.74 Å². The third-order valence-electron chi connectivity index (χ3n) is 3.59. The number of carbonyl (C=O) groups is 1. The maximum absolute atomic E-state index is 12.5. The summed E-state index contributed by atoms with van der Waals surface area (Å²) in [6, 6.07) is 14.1. The van der Waals surface area contributed by atoms with Gasteiger partial charge in [0.05, 0.1) is 19.4 Å². The molecule has 3 rings (SSSR count). The van der Waals surface area contributed by atoms with Crippen LogP contribution in [0.1, 0.15) is 15.9 Å². The first-order valence-electron chi connectivity index (χ1n) is 7.40. The zero-order valence-electron chi connectivity index (χ0n) is 13.1. The zero-order valence-corrected chi connectivity index (χ0v) is 13.1. The molecule has 1 heterocycles. The summed E-state index contributed by atoms with van der Waals surface area (Å²) in [5.41, 5.74) is 2.53. The van der Waals surface area contributed by atoms with Crippen LogP contribution in [0.5, 0.6) is 5.75 Å². The Labute approximate surface area is 139 Å². The molecule has 1 amide bonds. The molecule has 0 saturated carbocycles. The number of hydrogen-bond donors (Lipinski definition) is 2. The van der Waals surface area contributed by atoms with Crippen molar-refractivity contribution in [1.29, 1.82) is 0 Å². The van der Waals surface area contributed by atoms with E-state index in [1.54, 1.807) is 47.3 Å². The van der Waals surface area contributed by atoms with E-state index in [1.807, 2.05) is 18.3 Å². The lowest BCUT2D eigenvalue weighted by molar-refractivity contribution is 0.102.